The van der Waals surface area contributed by atoms with Crippen LogP contribution >= 0.6 is 0 Å². The quantitative estimate of drug-likeness (QED) is 0.623. The molecular formula is C12H17N5O3. The van der Waals surface area contributed by atoms with E-state index in [9.17, 15) is 14.9 Å². The summed E-state index contributed by atoms with van der Waals surface area (Å²) in [5.74, 6) is 0.772. The summed E-state index contributed by atoms with van der Waals surface area (Å²) in [6, 6.07) is 2.45. The number of nitrogens with one attached hydrogen (secondary N) is 2. The standard InChI is InChI=1S/C12H17N5O3/c1-13-10-6-8(17(19)20)7-11(15-10)16-5-3-4-9(16)12(18)14-2/h6-7,9H,3-5H2,1-2H3,(H,13,15)(H,14,18). The fraction of sp³-hybridized carbons (Fsp3) is 0.500. The Balaban J connectivity index is 2.38. The largest absolute Gasteiger partial charge is 0.373 e. The molecule has 1 aliphatic heterocycles. The van der Waals surface area contributed by atoms with Gasteiger partial charge >= 0.3 is 0 Å². The number of nitrogens with zero attached hydrogens (tertiary/aromatic N) is 3. The van der Waals surface area contributed by atoms with Crippen molar-refractivity contribution in [1.82, 2.24) is 10.3 Å². The van der Waals surface area contributed by atoms with Gasteiger partial charge in [0, 0.05) is 20.6 Å². The molecule has 0 aromatic carbocycles. The third-order valence-corrected chi connectivity index (χ3v) is 3.36. The topological polar surface area (TPSA) is 100 Å². The maximum atomic E-state index is 11.8. The molecule has 8 heteroatoms. The molecule has 0 radical (unpaired) electrons. The molecule has 0 bridgehead atoms. The van der Waals surface area contributed by atoms with E-state index in [0.717, 1.165) is 12.8 Å². The van der Waals surface area contributed by atoms with Crippen molar-refractivity contribution in [2.24, 2.45) is 0 Å². The number of hydrogen-bond acceptors (Lipinski definition) is 6. The molecule has 2 N–H and O–H groups in total. The number of hydrogen-bond donors (Lipinski definition) is 2. The van der Waals surface area contributed by atoms with Crippen molar-refractivity contribution in [2.75, 3.05) is 30.9 Å². The lowest BCUT2D eigenvalue weighted by Gasteiger charge is -2.24. The third kappa shape index (κ3) is 2.63. The summed E-state index contributed by atoms with van der Waals surface area (Å²) < 4.78 is 0. The lowest BCUT2D eigenvalue weighted by atomic mass is 10.2. The SMILES string of the molecule is CNC(=O)C1CCCN1c1cc([N+](=O)[O-])cc(NC)n1. The van der Waals surface area contributed by atoms with E-state index in [4.69, 9.17) is 0 Å². The summed E-state index contributed by atoms with van der Waals surface area (Å²) in [4.78, 5) is 28.5. The number of likely N-dealkylation sites (N-methyl/N-ethyl adjacent to an activating group) is 1. The van der Waals surface area contributed by atoms with Crippen molar-refractivity contribution in [3.63, 3.8) is 0 Å². The van der Waals surface area contributed by atoms with Crippen LogP contribution in [-0.4, -0.2) is 42.5 Å². The van der Waals surface area contributed by atoms with Crippen LogP contribution in [-0.2, 0) is 4.79 Å². The summed E-state index contributed by atoms with van der Waals surface area (Å²) in [5.41, 5.74) is -0.0399. The van der Waals surface area contributed by atoms with E-state index in [2.05, 4.69) is 15.6 Å². The second kappa shape index (κ2) is 5.72. The van der Waals surface area contributed by atoms with Gasteiger partial charge in [0.1, 0.15) is 17.7 Å². The lowest BCUT2D eigenvalue weighted by Crippen LogP contribution is -2.42. The molecule has 1 aromatic rings. The molecule has 8 nitrogen and oxygen atoms in total. The van der Waals surface area contributed by atoms with Crippen LogP contribution < -0.4 is 15.5 Å². The van der Waals surface area contributed by atoms with E-state index in [1.165, 1.54) is 12.1 Å². The van der Waals surface area contributed by atoms with Crippen LogP contribution in [0, 0.1) is 10.1 Å². The summed E-state index contributed by atoms with van der Waals surface area (Å²) in [6.07, 6.45) is 1.58. The lowest BCUT2D eigenvalue weighted by molar-refractivity contribution is -0.384. The van der Waals surface area contributed by atoms with Crippen molar-refractivity contribution in [1.29, 1.82) is 0 Å². The zero-order chi connectivity index (χ0) is 14.7. The monoisotopic (exact) mass is 279 g/mol. The van der Waals surface area contributed by atoms with Crippen molar-refractivity contribution < 1.29 is 9.72 Å². The maximum absolute atomic E-state index is 11.8. The van der Waals surface area contributed by atoms with Gasteiger partial charge in [-0.05, 0) is 12.8 Å². The van der Waals surface area contributed by atoms with E-state index in [-0.39, 0.29) is 17.6 Å². The van der Waals surface area contributed by atoms with Gasteiger partial charge in [0.15, 0.2) is 0 Å². The molecule has 1 unspecified atom stereocenters. The minimum absolute atomic E-state index is 0.0399. The van der Waals surface area contributed by atoms with Crippen molar-refractivity contribution >= 4 is 23.2 Å². The first-order valence-electron chi connectivity index (χ1n) is 6.39. The van der Waals surface area contributed by atoms with Crippen LogP contribution in [0.15, 0.2) is 12.1 Å². The predicted octanol–water partition coefficient (Wildman–Crippen LogP) is 0.746. The molecule has 2 heterocycles. The Morgan fingerprint density at radius 2 is 2.25 bits per heavy atom. The average Bonchev–Trinajstić information content (AvgIpc) is 2.95. The number of nitro groups is 1. The van der Waals surface area contributed by atoms with Crippen LogP contribution in [0.1, 0.15) is 12.8 Å². The summed E-state index contributed by atoms with van der Waals surface area (Å²) in [6.45, 7) is 0.662. The fourth-order valence-corrected chi connectivity index (χ4v) is 2.36. The molecule has 0 aliphatic carbocycles. The molecule has 1 aliphatic rings. The molecule has 20 heavy (non-hydrogen) atoms. The van der Waals surface area contributed by atoms with Crippen LogP contribution in [0.5, 0.6) is 0 Å². The highest BCUT2D eigenvalue weighted by Gasteiger charge is 2.32. The number of carbonyl (C=O) groups excluding carboxylic acids is 1. The van der Waals surface area contributed by atoms with Gasteiger partial charge in [0.2, 0.25) is 5.91 Å². The van der Waals surface area contributed by atoms with E-state index < -0.39 is 4.92 Å². The molecule has 0 saturated carbocycles. The van der Waals surface area contributed by atoms with Crippen molar-refractivity contribution in [2.45, 2.75) is 18.9 Å². The smallest absolute Gasteiger partial charge is 0.276 e. The normalized spacial score (nSPS) is 17.9. The van der Waals surface area contributed by atoms with E-state index in [1.807, 2.05) is 4.90 Å². The Labute approximate surface area is 116 Å². The molecule has 1 atom stereocenters. The van der Waals surface area contributed by atoms with Gasteiger partial charge in [0.05, 0.1) is 17.1 Å². The van der Waals surface area contributed by atoms with E-state index in [1.54, 1.807) is 14.1 Å². The number of pyridine rings is 1. The highest BCUT2D eigenvalue weighted by Crippen LogP contribution is 2.28. The van der Waals surface area contributed by atoms with Crippen LogP contribution in [0.25, 0.3) is 0 Å². The Morgan fingerprint density at radius 3 is 2.85 bits per heavy atom. The van der Waals surface area contributed by atoms with Gasteiger partial charge in [-0.15, -0.1) is 0 Å². The second-order valence-electron chi connectivity index (χ2n) is 4.54. The second-order valence-corrected chi connectivity index (χ2v) is 4.54. The van der Waals surface area contributed by atoms with Crippen LogP contribution in [0.3, 0.4) is 0 Å². The van der Waals surface area contributed by atoms with Gasteiger partial charge < -0.3 is 15.5 Å². The van der Waals surface area contributed by atoms with Gasteiger partial charge in [0.25, 0.3) is 5.69 Å². The van der Waals surface area contributed by atoms with E-state index in [0.29, 0.717) is 18.2 Å². The Morgan fingerprint density at radius 1 is 1.50 bits per heavy atom. The molecular weight excluding hydrogens is 262 g/mol. The maximum Gasteiger partial charge on any atom is 0.276 e. The molecule has 1 fully saturated rings. The Bertz CT molecular complexity index is 534. The Hall–Kier alpha value is -2.38. The minimum atomic E-state index is -0.461. The zero-order valence-corrected chi connectivity index (χ0v) is 11.4. The van der Waals surface area contributed by atoms with Crippen LogP contribution in [0.2, 0.25) is 0 Å². The predicted molar refractivity (Wildman–Crippen MR) is 74.9 cm³/mol. The van der Waals surface area contributed by atoms with Gasteiger partial charge in [-0.25, -0.2) is 4.98 Å². The number of aromatic nitrogens is 1. The third-order valence-electron chi connectivity index (χ3n) is 3.36. The summed E-state index contributed by atoms with van der Waals surface area (Å²) >= 11 is 0. The summed E-state index contributed by atoms with van der Waals surface area (Å²) in [5, 5.41) is 16.4. The van der Waals surface area contributed by atoms with Crippen molar-refractivity contribution in [3.05, 3.63) is 22.2 Å². The van der Waals surface area contributed by atoms with Crippen LogP contribution in [0.4, 0.5) is 17.3 Å². The average molecular weight is 279 g/mol. The highest BCUT2D eigenvalue weighted by atomic mass is 16.6. The first kappa shape index (κ1) is 14.0. The molecule has 0 spiro atoms. The number of rotatable bonds is 4. The van der Waals surface area contributed by atoms with Crippen molar-refractivity contribution in [3.8, 4) is 0 Å². The van der Waals surface area contributed by atoms with Gasteiger partial charge in [-0.2, -0.15) is 0 Å². The molecule has 1 aromatic heterocycles. The highest BCUT2D eigenvalue weighted by molar-refractivity contribution is 5.85. The minimum Gasteiger partial charge on any atom is -0.373 e. The van der Waals surface area contributed by atoms with Gasteiger partial charge in [-0.3, -0.25) is 14.9 Å². The molecule has 108 valence electrons. The Kier molecular flexibility index (Phi) is 4.02. The number of amides is 1. The van der Waals surface area contributed by atoms with Gasteiger partial charge in [-0.1, -0.05) is 0 Å². The summed E-state index contributed by atoms with van der Waals surface area (Å²) in [7, 11) is 3.23. The molecule has 1 amide bonds. The first-order chi connectivity index (χ1) is 9.56. The number of anilines is 2. The molecule has 2 rings (SSSR count). The number of carbonyl (C=O) groups is 1. The first-order valence-corrected chi connectivity index (χ1v) is 6.39. The van der Waals surface area contributed by atoms with E-state index >= 15 is 0 Å². The zero-order valence-electron chi connectivity index (χ0n) is 11.4. The fourth-order valence-electron chi connectivity index (χ4n) is 2.36. The molecule has 1 saturated heterocycles.